The van der Waals surface area contributed by atoms with Crippen LogP contribution in [0.25, 0.3) is 33.8 Å². The lowest BCUT2D eigenvalue weighted by molar-refractivity contribution is -0.201. The van der Waals surface area contributed by atoms with Gasteiger partial charge in [-0.15, -0.1) is 0 Å². The van der Waals surface area contributed by atoms with Gasteiger partial charge in [-0.05, 0) is 35.1 Å². The van der Waals surface area contributed by atoms with Crippen LogP contribution in [0.2, 0.25) is 0 Å². The molecule has 0 bridgehead atoms. The number of rotatable bonds is 13. The number of pyridine rings is 1. The lowest BCUT2D eigenvalue weighted by Crippen LogP contribution is -2.34. The van der Waals surface area contributed by atoms with E-state index in [1.165, 1.54) is 0 Å². The second kappa shape index (κ2) is 13.4. The molecule has 0 saturated carbocycles. The third-order valence-electron chi connectivity index (χ3n) is 6.49. The molecule has 3 aromatic heterocycles. The molecule has 0 amide bonds. The maximum absolute atomic E-state index is 12.2. The summed E-state index contributed by atoms with van der Waals surface area (Å²) in [7, 11) is 0. The van der Waals surface area contributed by atoms with Crippen LogP contribution >= 0.6 is 0 Å². The van der Waals surface area contributed by atoms with Crippen LogP contribution in [-0.2, 0) is 16.1 Å². The number of hydrogen-bond acceptors (Lipinski definition) is 11. The highest BCUT2D eigenvalue weighted by molar-refractivity contribution is 5.99. The van der Waals surface area contributed by atoms with E-state index in [2.05, 4.69) is 46.5 Å². The molecule has 5 N–H and O–H groups in total. The van der Waals surface area contributed by atoms with Gasteiger partial charge in [-0.3, -0.25) is 4.98 Å². The van der Waals surface area contributed by atoms with E-state index in [0.29, 0.717) is 48.8 Å². The largest absolute Gasteiger partial charge is 0.490 e. The van der Waals surface area contributed by atoms with Crippen molar-refractivity contribution >= 4 is 28.5 Å². The van der Waals surface area contributed by atoms with Gasteiger partial charge < -0.3 is 30.8 Å². The molecule has 0 spiro atoms. The fraction of sp³-hybridized carbons (Fsp3) is 0.464. The van der Waals surface area contributed by atoms with Crippen molar-refractivity contribution in [2.24, 2.45) is 5.41 Å². The molecule has 0 unspecified atom stereocenters. The van der Waals surface area contributed by atoms with Crippen LogP contribution in [-0.4, -0.2) is 74.4 Å². The second-order valence-electron chi connectivity index (χ2n) is 11.2. The number of halogens is 3. The highest BCUT2D eigenvalue weighted by Crippen LogP contribution is 2.36. The number of carbonyl (C=O) groups excluding carboxylic acids is 1. The van der Waals surface area contributed by atoms with Gasteiger partial charge in [0, 0.05) is 25.2 Å². The SMILES string of the molecule is CC(C)(C)CCn1c(-c2nonc2N)nc2c(-c3ccccc3)ncc(NCCCNC[C@H](O)COC(=O)C(F)(F)F)c21. The number of aromatic nitrogens is 5. The van der Waals surface area contributed by atoms with Gasteiger partial charge in [0.15, 0.2) is 17.3 Å². The van der Waals surface area contributed by atoms with Crippen LogP contribution in [0.1, 0.15) is 33.6 Å². The lowest BCUT2D eigenvalue weighted by atomic mass is 9.92. The Bertz CT molecular complexity index is 1520. The van der Waals surface area contributed by atoms with Crippen molar-refractivity contribution in [1.82, 2.24) is 30.2 Å². The van der Waals surface area contributed by atoms with Crippen molar-refractivity contribution in [2.45, 2.75) is 52.4 Å². The average molecular weight is 605 g/mol. The molecular weight excluding hydrogens is 569 g/mol. The van der Waals surface area contributed by atoms with E-state index >= 15 is 0 Å². The zero-order valence-corrected chi connectivity index (χ0v) is 24.1. The topological polar surface area (TPSA) is 166 Å². The summed E-state index contributed by atoms with van der Waals surface area (Å²) in [6, 6.07) is 9.69. The number of ether oxygens (including phenoxy) is 1. The van der Waals surface area contributed by atoms with Crippen molar-refractivity contribution in [3.8, 4) is 22.8 Å². The van der Waals surface area contributed by atoms with Crippen molar-refractivity contribution in [2.75, 3.05) is 37.3 Å². The maximum Gasteiger partial charge on any atom is 0.490 e. The molecule has 0 radical (unpaired) electrons. The molecule has 43 heavy (non-hydrogen) atoms. The summed E-state index contributed by atoms with van der Waals surface area (Å²) in [5, 5.41) is 23.9. The van der Waals surface area contributed by atoms with Crippen LogP contribution in [0, 0.1) is 5.41 Å². The molecular formula is C28H35F3N8O4. The van der Waals surface area contributed by atoms with Gasteiger partial charge in [0.2, 0.25) is 0 Å². The molecule has 0 saturated heterocycles. The highest BCUT2D eigenvalue weighted by atomic mass is 19.4. The van der Waals surface area contributed by atoms with E-state index in [4.69, 9.17) is 20.3 Å². The number of esters is 1. The van der Waals surface area contributed by atoms with Gasteiger partial charge in [-0.2, -0.15) is 13.2 Å². The van der Waals surface area contributed by atoms with Crippen molar-refractivity contribution in [1.29, 1.82) is 0 Å². The smallest absolute Gasteiger partial charge is 0.456 e. The Hall–Kier alpha value is -4.24. The zero-order valence-electron chi connectivity index (χ0n) is 24.1. The maximum atomic E-state index is 12.2. The van der Waals surface area contributed by atoms with Crippen molar-refractivity contribution < 1.29 is 32.4 Å². The number of anilines is 2. The van der Waals surface area contributed by atoms with E-state index in [1.807, 2.05) is 34.9 Å². The average Bonchev–Trinajstić information content (AvgIpc) is 3.55. The molecule has 4 rings (SSSR count). The minimum atomic E-state index is -5.10. The number of nitrogens with one attached hydrogen (secondary N) is 2. The fourth-order valence-electron chi connectivity index (χ4n) is 4.29. The number of aliphatic hydroxyl groups is 1. The number of nitrogens with two attached hydrogens (primary N) is 1. The van der Waals surface area contributed by atoms with Gasteiger partial charge >= 0.3 is 12.1 Å². The Balaban J connectivity index is 1.53. The summed E-state index contributed by atoms with van der Waals surface area (Å²) in [5.41, 5.74) is 10.2. The summed E-state index contributed by atoms with van der Waals surface area (Å²) in [5.74, 6) is -1.70. The van der Waals surface area contributed by atoms with E-state index in [0.717, 1.165) is 23.2 Å². The number of nitrogen functional groups attached to an aromatic ring is 1. The molecule has 3 heterocycles. The number of benzene rings is 1. The Labute approximate surface area is 245 Å². The molecule has 0 fully saturated rings. The summed E-state index contributed by atoms with van der Waals surface area (Å²) in [6.07, 6.45) is -3.20. The molecule has 1 atom stereocenters. The van der Waals surface area contributed by atoms with Gasteiger partial charge in [0.05, 0.1) is 23.1 Å². The molecule has 0 aliphatic carbocycles. The number of carbonyl (C=O) groups is 1. The van der Waals surface area contributed by atoms with Crippen LogP contribution in [0.3, 0.4) is 0 Å². The van der Waals surface area contributed by atoms with Crippen molar-refractivity contribution in [3.63, 3.8) is 0 Å². The molecule has 4 aromatic rings. The normalized spacial score (nSPS) is 12.9. The highest BCUT2D eigenvalue weighted by Gasteiger charge is 2.41. The first kappa shape index (κ1) is 31.7. The molecule has 1 aromatic carbocycles. The summed E-state index contributed by atoms with van der Waals surface area (Å²) in [4.78, 5) is 20.5. The molecule has 232 valence electrons. The first-order valence-corrected chi connectivity index (χ1v) is 13.7. The van der Waals surface area contributed by atoms with Crippen LogP contribution < -0.4 is 16.4 Å². The predicted molar refractivity (Wildman–Crippen MR) is 154 cm³/mol. The van der Waals surface area contributed by atoms with Gasteiger partial charge in [0.1, 0.15) is 18.2 Å². The number of imidazole rings is 1. The molecule has 0 aliphatic rings. The van der Waals surface area contributed by atoms with E-state index in [9.17, 15) is 23.1 Å². The number of aliphatic hydroxyl groups excluding tert-OH is 1. The Kier molecular flexibility index (Phi) is 9.86. The van der Waals surface area contributed by atoms with Gasteiger partial charge in [0.25, 0.3) is 0 Å². The third-order valence-corrected chi connectivity index (χ3v) is 6.49. The lowest BCUT2D eigenvalue weighted by Gasteiger charge is -2.20. The number of aryl methyl sites for hydroxylation is 1. The Morgan fingerprint density at radius 2 is 1.88 bits per heavy atom. The monoisotopic (exact) mass is 604 g/mol. The zero-order chi connectivity index (χ0) is 31.2. The number of hydrogen-bond donors (Lipinski definition) is 4. The first-order valence-electron chi connectivity index (χ1n) is 13.7. The van der Waals surface area contributed by atoms with Crippen LogP contribution in [0.5, 0.6) is 0 Å². The summed E-state index contributed by atoms with van der Waals surface area (Å²) >= 11 is 0. The molecule has 12 nitrogen and oxygen atoms in total. The summed E-state index contributed by atoms with van der Waals surface area (Å²) in [6.45, 7) is 7.19. The minimum absolute atomic E-state index is 0.0195. The fourth-order valence-corrected chi connectivity index (χ4v) is 4.29. The predicted octanol–water partition coefficient (Wildman–Crippen LogP) is 4.02. The van der Waals surface area contributed by atoms with Crippen molar-refractivity contribution in [3.05, 3.63) is 36.5 Å². The Morgan fingerprint density at radius 3 is 2.53 bits per heavy atom. The van der Waals surface area contributed by atoms with E-state index in [-0.39, 0.29) is 17.8 Å². The van der Waals surface area contributed by atoms with E-state index in [1.54, 1.807) is 6.20 Å². The van der Waals surface area contributed by atoms with Crippen LogP contribution in [0.15, 0.2) is 41.2 Å². The first-order chi connectivity index (χ1) is 20.3. The second-order valence-corrected chi connectivity index (χ2v) is 11.2. The van der Waals surface area contributed by atoms with Gasteiger partial charge in [-0.1, -0.05) is 51.1 Å². The quantitative estimate of drug-likeness (QED) is 0.129. The number of alkyl halides is 3. The third kappa shape index (κ3) is 8.20. The van der Waals surface area contributed by atoms with Gasteiger partial charge in [-0.25, -0.2) is 14.4 Å². The summed E-state index contributed by atoms with van der Waals surface area (Å²) < 4.78 is 47.7. The van der Waals surface area contributed by atoms with Crippen LogP contribution in [0.4, 0.5) is 24.7 Å². The molecule has 15 heteroatoms. The number of nitrogens with zero attached hydrogens (tertiary/aromatic N) is 5. The van der Waals surface area contributed by atoms with E-state index < -0.39 is 24.9 Å². The standard InChI is InChI=1S/C28H35F3N8O4/c1-27(2,3)10-13-39-23-19(34-12-7-11-33-14-18(40)16-42-26(41)28(29,30)31)15-35-20(17-8-5-4-6-9-17)21(23)36-25(39)22-24(32)38-43-37-22/h4-6,8-9,15,18,33-34,40H,7,10-14,16H2,1-3H3,(H2,32,38)/t18-/m0/s1. The minimum Gasteiger partial charge on any atom is -0.456 e. The number of fused-ring (bicyclic) bond motifs is 1. The molecule has 0 aliphatic heterocycles. The Morgan fingerprint density at radius 1 is 1.14 bits per heavy atom.